The van der Waals surface area contributed by atoms with Crippen molar-refractivity contribution < 1.29 is 5.11 Å². The van der Waals surface area contributed by atoms with Gasteiger partial charge in [-0.25, -0.2) is 0 Å². The third-order valence-corrected chi connectivity index (χ3v) is 1.36. The van der Waals surface area contributed by atoms with Crippen LogP contribution in [0.25, 0.3) is 0 Å². The lowest BCUT2D eigenvalue weighted by molar-refractivity contribution is 0.230. The first-order chi connectivity index (χ1) is 5.07. The fourth-order valence-electron chi connectivity index (χ4n) is 0.524. The summed E-state index contributed by atoms with van der Waals surface area (Å²) in [6.07, 6.45) is 2.98. The molecule has 0 spiro atoms. The molecule has 0 aromatic carbocycles. The lowest BCUT2D eigenvalue weighted by Gasteiger charge is -2.01. The second-order valence-corrected chi connectivity index (χ2v) is 3.43. The number of aliphatic imine (C=N–C) groups is 1. The maximum absolute atomic E-state index is 9.08. The minimum atomic E-state index is -0.560. The van der Waals surface area contributed by atoms with Crippen LogP contribution in [0.4, 0.5) is 0 Å². The molecule has 0 aromatic rings. The van der Waals surface area contributed by atoms with Crippen LogP contribution in [-0.4, -0.2) is 17.9 Å². The SMILES string of the molecule is C=N/C(=C\C=C(/C)Br)C(C)O. The number of nitrogens with zero attached hydrogens (tertiary/aromatic N) is 1. The van der Waals surface area contributed by atoms with Crippen molar-refractivity contribution in [1.82, 2.24) is 0 Å². The van der Waals surface area contributed by atoms with E-state index < -0.39 is 6.10 Å². The molecule has 0 aliphatic rings. The maximum Gasteiger partial charge on any atom is 0.0931 e. The molecule has 3 heteroatoms. The Labute approximate surface area is 75.5 Å². The zero-order valence-corrected chi connectivity index (χ0v) is 8.30. The highest BCUT2D eigenvalue weighted by Gasteiger charge is 1.98. The van der Waals surface area contributed by atoms with Crippen LogP contribution in [0.2, 0.25) is 0 Å². The van der Waals surface area contributed by atoms with Crippen molar-refractivity contribution >= 4 is 22.6 Å². The molecule has 0 rings (SSSR count). The van der Waals surface area contributed by atoms with Crippen molar-refractivity contribution in [3.63, 3.8) is 0 Å². The van der Waals surface area contributed by atoms with Crippen molar-refractivity contribution in [3.8, 4) is 0 Å². The molecule has 0 heterocycles. The maximum atomic E-state index is 9.08. The number of aliphatic hydroxyl groups is 1. The van der Waals surface area contributed by atoms with Crippen molar-refractivity contribution in [2.45, 2.75) is 20.0 Å². The third-order valence-electron chi connectivity index (χ3n) is 1.09. The first kappa shape index (κ1) is 10.6. The van der Waals surface area contributed by atoms with Crippen LogP contribution in [-0.2, 0) is 0 Å². The van der Waals surface area contributed by atoms with Crippen LogP contribution in [0, 0.1) is 0 Å². The Morgan fingerprint density at radius 2 is 2.18 bits per heavy atom. The fraction of sp³-hybridized carbons (Fsp3) is 0.375. The van der Waals surface area contributed by atoms with Gasteiger partial charge in [-0.2, -0.15) is 0 Å². The van der Waals surface area contributed by atoms with Crippen molar-refractivity contribution in [3.05, 3.63) is 22.3 Å². The van der Waals surface area contributed by atoms with E-state index in [1.807, 2.05) is 13.0 Å². The molecule has 0 radical (unpaired) electrons. The highest BCUT2D eigenvalue weighted by molar-refractivity contribution is 9.11. The Morgan fingerprint density at radius 1 is 1.64 bits per heavy atom. The van der Waals surface area contributed by atoms with Crippen molar-refractivity contribution in [1.29, 1.82) is 0 Å². The summed E-state index contributed by atoms with van der Waals surface area (Å²) in [6, 6.07) is 0. The topological polar surface area (TPSA) is 32.6 Å². The Morgan fingerprint density at radius 3 is 2.45 bits per heavy atom. The van der Waals surface area contributed by atoms with Crippen LogP contribution in [0.3, 0.4) is 0 Å². The number of allylic oxidation sites excluding steroid dienone is 3. The largest absolute Gasteiger partial charge is 0.387 e. The molecule has 1 N–H and O–H groups in total. The molecule has 0 fully saturated rings. The van der Waals surface area contributed by atoms with Crippen LogP contribution in [0.5, 0.6) is 0 Å². The number of rotatable bonds is 3. The monoisotopic (exact) mass is 217 g/mol. The Bertz CT molecular complexity index is 190. The van der Waals surface area contributed by atoms with Gasteiger partial charge < -0.3 is 5.11 Å². The first-order valence-electron chi connectivity index (χ1n) is 3.26. The molecule has 1 unspecified atom stereocenters. The molecule has 2 nitrogen and oxygen atoms in total. The van der Waals surface area contributed by atoms with Crippen LogP contribution >= 0.6 is 15.9 Å². The normalized spacial score (nSPS) is 16.4. The highest BCUT2D eigenvalue weighted by atomic mass is 79.9. The molecule has 0 amide bonds. The lowest BCUT2D eigenvalue weighted by atomic mass is 10.3. The summed E-state index contributed by atoms with van der Waals surface area (Å²) >= 11 is 3.25. The van der Waals surface area contributed by atoms with E-state index in [1.165, 1.54) is 0 Å². The van der Waals surface area contributed by atoms with Gasteiger partial charge in [0.25, 0.3) is 0 Å². The summed E-state index contributed by atoms with van der Waals surface area (Å²) in [5.41, 5.74) is 0.573. The molecule has 0 bridgehead atoms. The lowest BCUT2D eigenvalue weighted by Crippen LogP contribution is -2.01. The summed E-state index contributed by atoms with van der Waals surface area (Å²) in [7, 11) is 0. The average molecular weight is 218 g/mol. The minimum absolute atomic E-state index is 0.560. The molecule has 0 aliphatic heterocycles. The van der Waals surface area contributed by atoms with Gasteiger partial charge in [-0.15, -0.1) is 0 Å². The summed E-state index contributed by atoms with van der Waals surface area (Å²) in [6.45, 7) is 6.89. The molecular weight excluding hydrogens is 206 g/mol. The number of aliphatic hydroxyl groups excluding tert-OH is 1. The molecule has 0 aliphatic carbocycles. The second-order valence-electron chi connectivity index (χ2n) is 2.18. The summed E-state index contributed by atoms with van der Waals surface area (Å²) in [5, 5.41) is 9.08. The van der Waals surface area contributed by atoms with E-state index in [4.69, 9.17) is 5.11 Å². The van der Waals surface area contributed by atoms with Gasteiger partial charge in [0.05, 0.1) is 11.8 Å². The molecular formula is C8H12BrNO. The fourth-order valence-corrected chi connectivity index (χ4v) is 0.656. The summed E-state index contributed by atoms with van der Waals surface area (Å²) < 4.78 is 0.985. The van der Waals surface area contributed by atoms with Gasteiger partial charge in [0.1, 0.15) is 0 Å². The quantitative estimate of drug-likeness (QED) is 0.571. The predicted molar refractivity (Wildman–Crippen MR) is 52.0 cm³/mol. The number of hydrogen-bond acceptors (Lipinski definition) is 2. The number of halogens is 1. The van der Waals surface area contributed by atoms with E-state index in [-0.39, 0.29) is 0 Å². The zero-order valence-electron chi connectivity index (χ0n) is 6.71. The van der Waals surface area contributed by atoms with E-state index >= 15 is 0 Å². The molecule has 1 atom stereocenters. The van der Waals surface area contributed by atoms with Gasteiger partial charge >= 0.3 is 0 Å². The van der Waals surface area contributed by atoms with E-state index in [2.05, 4.69) is 27.6 Å². The molecule has 0 saturated heterocycles. The summed E-state index contributed by atoms with van der Waals surface area (Å²) in [4.78, 5) is 3.66. The highest BCUT2D eigenvalue weighted by Crippen LogP contribution is 2.07. The molecule has 0 aromatic heterocycles. The van der Waals surface area contributed by atoms with Gasteiger partial charge in [-0.05, 0) is 31.1 Å². The van der Waals surface area contributed by atoms with Crippen LogP contribution in [0.15, 0.2) is 27.3 Å². The van der Waals surface area contributed by atoms with Crippen molar-refractivity contribution in [2.24, 2.45) is 4.99 Å². The van der Waals surface area contributed by atoms with E-state index in [9.17, 15) is 0 Å². The summed E-state index contributed by atoms with van der Waals surface area (Å²) in [5.74, 6) is 0. The Hall–Kier alpha value is -0.410. The van der Waals surface area contributed by atoms with E-state index in [0.29, 0.717) is 5.70 Å². The van der Waals surface area contributed by atoms with Gasteiger partial charge in [-0.1, -0.05) is 22.0 Å². The van der Waals surface area contributed by atoms with Crippen LogP contribution < -0.4 is 0 Å². The van der Waals surface area contributed by atoms with E-state index in [1.54, 1.807) is 13.0 Å². The molecule has 62 valence electrons. The predicted octanol–water partition coefficient (Wildman–Crippen LogP) is 2.25. The first-order valence-corrected chi connectivity index (χ1v) is 4.06. The van der Waals surface area contributed by atoms with Gasteiger partial charge in [-0.3, -0.25) is 4.99 Å². The van der Waals surface area contributed by atoms with Gasteiger partial charge in [0, 0.05) is 0 Å². The third kappa shape index (κ3) is 4.93. The standard InChI is InChI=1S/C8H12BrNO/c1-6(9)4-5-8(10-3)7(2)11/h4-5,7,11H,3H2,1-2H3/b6-4+,8-5-. The Balaban J connectivity index is 4.36. The smallest absolute Gasteiger partial charge is 0.0931 e. The second kappa shape index (κ2) is 5.27. The Kier molecular flexibility index (Phi) is 5.07. The van der Waals surface area contributed by atoms with Crippen LogP contribution in [0.1, 0.15) is 13.8 Å². The van der Waals surface area contributed by atoms with Crippen molar-refractivity contribution in [2.75, 3.05) is 0 Å². The molecule has 0 saturated carbocycles. The van der Waals surface area contributed by atoms with Gasteiger partial charge in [0.15, 0.2) is 0 Å². The zero-order chi connectivity index (χ0) is 8.85. The average Bonchev–Trinajstić information content (AvgIpc) is 1.87. The van der Waals surface area contributed by atoms with E-state index in [0.717, 1.165) is 4.48 Å². The minimum Gasteiger partial charge on any atom is -0.387 e. The number of hydrogen-bond donors (Lipinski definition) is 1. The van der Waals surface area contributed by atoms with Gasteiger partial charge in [0.2, 0.25) is 0 Å². The molecule has 11 heavy (non-hydrogen) atoms.